The van der Waals surface area contributed by atoms with Crippen molar-refractivity contribution in [2.45, 2.75) is 32.4 Å². The molecule has 0 aromatic heterocycles. The number of fused-ring (bicyclic) bond motifs is 1. The molecule has 0 spiro atoms. The van der Waals surface area contributed by atoms with Crippen LogP contribution in [0.3, 0.4) is 0 Å². The van der Waals surface area contributed by atoms with Gasteiger partial charge < -0.3 is 19.9 Å². The minimum Gasteiger partial charge on any atom is -0.486 e. The summed E-state index contributed by atoms with van der Waals surface area (Å²) in [6.45, 7) is 7.62. The van der Waals surface area contributed by atoms with Gasteiger partial charge in [0.2, 0.25) is 0 Å². The maximum Gasteiger partial charge on any atom is 0.179 e. The van der Waals surface area contributed by atoms with Crippen molar-refractivity contribution in [1.29, 1.82) is 0 Å². The monoisotopic (exact) mass is 285 g/mol. The topological polar surface area (TPSA) is 50.7 Å². The molecule has 1 heterocycles. The van der Waals surface area contributed by atoms with Crippen molar-refractivity contribution in [2.24, 2.45) is 0 Å². The Morgan fingerprint density at radius 1 is 1.32 bits per heavy atom. The lowest BCUT2D eigenvalue weighted by Gasteiger charge is -2.24. The van der Waals surface area contributed by atoms with Crippen molar-refractivity contribution in [1.82, 2.24) is 5.32 Å². The first-order chi connectivity index (χ1) is 8.87. The maximum absolute atomic E-state index is 10.2. The number of rotatable bonds is 3. The molecule has 1 aliphatic rings. The number of hydrogen-bond donors (Lipinski definition) is 2. The van der Waals surface area contributed by atoms with Gasteiger partial charge >= 0.3 is 0 Å². The summed E-state index contributed by atoms with van der Waals surface area (Å²) in [5, 5.41) is 13.9. The van der Waals surface area contributed by atoms with Gasteiger partial charge in [-0.05, 0) is 38.5 Å². The van der Waals surface area contributed by atoms with Gasteiger partial charge in [-0.3, -0.25) is 0 Å². The Kier molecular flexibility index (Phi) is 4.23. The minimum absolute atomic E-state index is 0.0431. The number of nitrogens with one attached hydrogen (secondary N) is 1. The van der Waals surface area contributed by atoms with Crippen LogP contribution in [0.4, 0.5) is 0 Å². The molecule has 2 N–H and O–H groups in total. The molecular formula is C14H20ClNO3. The molecule has 0 radical (unpaired) electrons. The zero-order valence-corrected chi connectivity index (χ0v) is 12.3. The van der Waals surface area contributed by atoms with Crippen LogP contribution in [-0.4, -0.2) is 30.4 Å². The third kappa shape index (κ3) is 3.75. The van der Waals surface area contributed by atoms with Crippen molar-refractivity contribution < 1.29 is 14.6 Å². The molecule has 1 aromatic carbocycles. The van der Waals surface area contributed by atoms with E-state index in [4.69, 9.17) is 21.1 Å². The van der Waals surface area contributed by atoms with Crippen LogP contribution in [0.25, 0.3) is 0 Å². The SMILES string of the molecule is CC(C)(C)NCC(O)c1cc(Cl)c2c(c1)OCCO2. The first kappa shape index (κ1) is 14.4. The summed E-state index contributed by atoms with van der Waals surface area (Å²) in [4.78, 5) is 0. The summed E-state index contributed by atoms with van der Waals surface area (Å²) < 4.78 is 10.9. The highest BCUT2D eigenvalue weighted by Gasteiger charge is 2.20. The Balaban J connectivity index is 2.14. The number of hydrogen-bond acceptors (Lipinski definition) is 4. The van der Waals surface area contributed by atoms with Crippen LogP contribution in [-0.2, 0) is 0 Å². The molecule has 0 saturated heterocycles. The molecule has 1 unspecified atom stereocenters. The molecule has 0 saturated carbocycles. The highest BCUT2D eigenvalue weighted by molar-refractivity contribution is 6.32. The Labute approximate surface area is 118 Å². The normalized spacial score (nSPS) is 16.3. The zero-order valence-electron chi connectivity index (χ0n) is 11.5. The van der Waals surface area contributed by atoms with Crippen molar-refractivity contribution in [3.05, 3.63) is 22.7 Å². The third-order valence-corrected chi connectivity index (χ3v) is 3.11. The predicted molar refractivity (Wildman–Crippen MR) is 75.2 cm³/mol. The summed E-state index contributed by atoms with van der Waals surface area (Å²) in [5.41, 5.74) is 0.685. The van der Waals surface area contributed by atoms with Gasteiger partial charge in [0, 0.05) is 12.1 Å². The largest absolute Gasteiger partial charge is 0.486 e. The van der Waals surface area contributed by atoms with Gasteiger partial charge in [-0.25, -0.2) is 0 Å². The number of benzene rings is 1. The maximum atomic E-state index is 10.2. The van der Waals surface area contributed by atoms with Crippen molar-refractivity contribution in [3.8, 4) is 11.5 Å². The van der Waals surface area contributed by atoms with Gasteiger partial charge in [0.05, 0.1) is 11.1 Å². The van der Waals surface area contributed by atoms with Gasteiger partial charge in [-0.15, -0.1) is 0 Å². The average Bonchev–Trinajstić information content (AvgIpc) is 2.35. The van der Waals surface area contributed by atoms with Crippen molar-refractivity contribution >= 4 is 11.6 Å². The summed E-state index contributed by atoms with van der Waals surface area (Å²) in [7, 11) is 0. The fourth-order valence-electron chi connectivity index (χ4n) is 1.84. The summed E-state index contributed by atoms with van der Waals surface area (Å²) in [6.07, 6.45) is -0.632. The second-order valence-electron chi connectivity index (χ2n) is 5.67. The summed E-state index contributed by atoms with van der Waals surface area (Å²) >= 11 is 6.14. The summed E-state index contributed by atoms with van der Waals surface area (Å²) in [6, 6.07) is 3.51. The molecule has 19 heavy (non-hydrogen) atoms. The fourth-order valence-corrected chi connectivity index (χ4v) is 2.12. The van der Waals surface area contributed by atoms with Crippen molar-refractivity contribution in [3.63, 3.8) is 0 Å². The number of β-amino-alcohol motifs (C(OH)–C–C–N with tert-alkyl or cyclic N) is 1. The van der Waals surface area contributed by atoms with Crippen LogP contribution in [0, 0.1) is 0 Å². The summed E-state index contributed by atoms with van der Waals surface area (Å²) in [5.74, 6) is 1.16. The molecule has 106 valence electrons. The number of ether oxygens (including phenoxy) is 2. The average molecular weight is 286 g/mol. The van der Waals surface area contributed by atoms with E-state index in [-0.39, 0.29) is 5.54 Å². The first-order valence-electron chi connectivity index (χ1n) is 6.39. The molecule has 1 atom stereocenters. The lowest BCUT2D eigenvalue weighted by molar-refractivity contribution is 0.157. The first-order valence-corrected chi connectivity index (χ1v) is 6.77. The number of aliphatic hydroxyl groups is 1. The predicted octanol–water partition coefficient (Wildman–Crippen LogP) is 2.53. The van der Waals surface area contributed by atoms with Crippen LogP contribution in [0.1, 0.15) is 32.4 Å². The van der Waals surface area contributed by atoms with Crippen LogP contribution >= 0.6 is 11.6 Å². The molecule has 5 heteroatoms. The molecule has 0 amide bonds. The van der Waals surface area contributed by atoms with Gasteiger partial charge in [0.15, 0.2) is 11.5 Å². The molecule has 2 rings (SSSR count). The Hall–Kier alpha value is -0.970. The number of halogens is 1. The van der Waals surface area contributed by atoms with Gasteiger partial charge in [-0.1, -0.05) is 11.6 Å². The second kappa shape index (κ2) is 5.57. The lowest BCUT2D eigenvalue weighted by Crippen LogP contribution is -2.38. The fraction of sp³-hybridized carbons (Fsp3) is 0.571. The Morgan fingerprint density at radius 3 is 2.68 bits per heavy atom. The van der Waals surface area contributed by atoms with Gasteiger partial charge in [0.25, 0.3) is 0 Å². The highest BCUT2D eigenvalue weighted by Crippen LogP contribution is 2.39. The van der Waals surface area contributed by atoms with Crippen LogP contribution in [0.5, 0.6) is 11.5 Å². The number of aliphatic hydroxyl groups excluding tert-OH is 1. The standard InChI is InChI=1S/C14H20ClNO3/c1-14(2,3)16-8-11(17)9-6-10(15)13-12(7-9)18-4-5-19-13/h6-7,11,16-17H,4-5,8H2,1-3H3. The van der Waals surface area contributed by atoms with Gasteiger partial charge in [0.1, 0.15) is 13.2 Å². The van der Waals surface area contributed by atoms with Gasteiger partial charge in [-0.2, -0.15) is 0 Å². The molecule has 0 bridgehead atoms. The van der Waals surface area contributed by atoms with E-state index in [1.807, 2.05) is 0 Å². The quantitative estimate of drug-likeness (QED) is 0.896. The second-order valence-corrected chi connectivity index (χ2v) is 6.08. The zero-order chi connectivity index (χ0) is 14.0. The molecule has 4 nitrogen and oxygen atoms in total. The van der Waals surface area contributed by atoms with E-state index in [9.17, 15) is 5.11 Å². The third-order valence-electron chi connectivity index (χ3n) is 2.83. The van der Waals surface area contributed by atoms with E-state index < -0.39 is 6.10 Å². The Bertz CT molecular complexity index is 457. The van der Waals surface area contributed by atoms with E-state index in [1.165, 1.54) is 0 Å². The molecule has 0 fully saturated rings. The molecule has 0 aliphatic carbocycles. The highest BCUT2D eigenvalue weighted by atomic mass is 35.5. The van der Waals surface area contributed by atoms with Crippen LogP contribution in [0.2, 0.25) is 5.02 Å². The van der Waals surface area contributed by atoms with E-state index in [0.717, 1.165) is 5.56 Å². The Morgan fingerprint density at radius 2 is 2.00 bits per heavy atom. The minimum atomic E-state index is -0.632. The smallest absolute Gasteiger partial charge is 0.179 e. The van der Waals surface area contributed by atoms with E-state index in [0.29, 0.717) is 36.3 Å². The van der Waals surface area contributed by atoms with E-state index in [2.05, 4.69) is 26.1 Å². The molecule has 1 aliphatic heterocycles. The van der Waals surface area contributed by atoms with Crippen LogP contribution < -0.4 is 14.8 Å². The van der Waals surface area contributed by atoms with Crippen molar-refractivity contribution in [2.75, 3.05) is 19.8 Å². The molecular weight excluding hydrogens is 266 g/mol. The van der Waals surface area contributed by atoms with E-state index in [1.54, 1.807) is 12.1 Å². The van der Waals surface area contributed by atoms with E-state index >= 15 is 0 Å². The lowest BCUT2D eigenvalue weighted by atomic mass is 10.1. The van der Waals surface area contributed by atoms with Crippen LogP contribution in [0.15, 0.2) is 12.1 Å². The molecule has 1 aromatic rings.